The van der Waals surface area contributed by atoms with E-state index in [1.54, 1.807) is 7.05 Å². The van der Waals surface area contributed by atoms with Gasteiger partial charge in [-0.25, -0.2) is 4.79 Å². The molecule has 96 valence electrons. The second-order valence-electron chi connectivity index (χ2n) is 3.64. The predicted octanol–water partition coefficient (Wildman–Crippen LogP) is 0.310. The van der Waals surface area contributed by atoms with E-state index in [-0.39, 0.29) is 12.4 Å². The lowest BCUT2D eigenvalue weighted by atomic mass is 10.0. The summed E-state index contributed by atoms with van der Waals surface area (Å²) in [5.41, 5.74) is -3.01. The number of alkyl halides is 3. The number of aromatic nitrogens is 3. The lowest BCUT2D eigenvalue weighted by Crippen LogP contribution is -2.59. The summed E-state index contributed by atoms with van der Waals surface area (Å²) in [5, 5.41) is 17.6. The van der Waals surface area contributed by atoms with Gasteiger partial charge in [0, 0.05) is 7.05 Å². The van der Waals surface area contributed by atoms with Crippen molar-refractivity contribution in [2.75, 3.05) is 0 Å². The van der Waals surface area contributed by atoms with Crippen LogP contribution in [0.4, 0.5) is 13.2 Å². The molecule has 0 saturated heterocycles. The molecule has 17 heavy (non-hydrogen) atoms. The monoisotopic (exact) mass is 252 g/mol. The lowest BCUT2D eigenvalue weighted by Gasteiger charge is -2.28. The minimum Gasteiger partial charge on any atom is -0.480 e. The van der Waals surface area contributed by atoms with Crippen molar-refractivity contribution in [1.29, 1.82) is 0 Å². The van der Waals surface area contributed by atoms with E-state index in [4.69, 9.17) is 5.11 Å². The number of aliphatic carboxylic acids is 1. The van der Waals surface area contributed by atoms with E-state index in [2.05, 4.69) is 10.2 Å². The van der Waals surface area contributed by atoms with Gasteiger partial charge in [-0.15, -0.1) is 10.2 Å². The van der Waals surface area contributed by atoms with E-state index < -0.39 is 17.7 Å². The molecule has 0 aromatic carbocycles. The first kappa shape index (κ1) is 13.4. The molecule has 0 radical (unpaired) electrons. The molecule has 2 N–H and O–H groups in total. The Morgan fingerprint density at radius 2 is 2.18 bits per heavy atom. The number of halogens is 3. The number of aryl methyl sites for hydroxylation is 1. The molecule has 0 aliphatic rings. The van der Waals surface area contributed by atoms with Gasteiger partial charge in [0.1, 0.15) is 12.2 Å². The van der Waals surface area contributed by atoms with Crippen LogP contribution >= 0.6 is 0 Å². The molecule has 6 nitrogen and oxygen atoms in total. The largest absolute Gasteiger partial charge is 0.480 e. The number of nitrogens with zero attached hydrogens (tertiary/aromatic N) is 3. The summed E-state index contributed by atoms with van der Waals surface area (Å²) in [6, 6.07) is 0. The van der Waals surface area contributed by atoms with E-state index in [0.717, 1.165) is 0 Å². The minimum atomic E-state index is -4.91. The van der Waals surface area contributed by atoms with Crippen LogP contribution in [0, 0.1) is 0 Å². The number of carboxylic acids is 1. The summed E-state index contributed by atoms with van der Waals surface area (Å²) in [5.74, 6) is -1.78. The van der Waals surface area contributed by atoms with Crippen LogP contribution < -0.4 is 5.32 Å². The lowest BCUT2D eigenvalue weighted by molar-refractivity contribution is -0.206. The Hall–Kier alpha value is -1.64. The Morgan fingerprint density at radius 3 is 2.53 bits per heavy atom. The van der Waals surface area contributed by atoms with Gasteiger partial charge < -0.3 is 9.67 Å². The molecule has 1 atom stereocenters. The zero-order chi connectivity index (χ0) is 13.3. The molecule has 0 amide bonds. The summed E-state index contributed by atoms with van der Waals surface area (Å²) in [4.78, 5) is 10.7. The van der Waals surface area contributed by atoms with Crippen LogP contribution in [0.15, 0.2) is 6.33 Å². The molecule has 1 aromatic rings. The third-order valence-electron chi connectivity index (χ3n) is 2.40. The van der Waals surface area contributed by atoms with Crippen LogP contribution in [0.1, 0.15) is 12.7 Å². The Kier molecular flexibility index (Phi) is 3.41. The Morgan fingerprint density at radius 1 is 1.59 bits per heavy atom. The van der Waals surface area contributed by atoms with E-state index in [1.165, 1.54) is 10.9 Å². The van der Waals surface area contributed by atoms with Gasteiger partial charge >= 0.3 is 12.1 Å². The van der Waals surface area contributed by atoms with Crippen molar-refractivity contribution in [2.24, 2.45) is 7.05 Å². The molecule has 0 aliphatic carbocycles. The number of carboxylic acid groups (broad SMARTS) is 1. The molecule has 0 aliphatic heterocycles. The predicted molar refractivity (Wildman–Crippen MR) is 49.9 cm³/mol. The molecule has 9 heteroatoms. The van der Waals surface area contributed by atoms with Crippen molar-refractivity contribution in [3.8, 4) is 0 Å². The average molecular weight is 252 g/mol. The van der Waals surface area contributed by atoms with Crippen LogP contribution in [0.3, 0.4) is 0 Å². The van der Waals surface area contributed by atoms with E-state index in [9.17, 15) is 18.0 Å². The van der Waals surface area contributed by atoms with Gasteiger partial charge in [-0.2, -0.15) is 13.2 Å². The standard InChI is InChI=1S/C8H11F3N4O2/c1-7(6(16)17,8(9,10)11)12-3-5-14-13-4-15(5)2/h4,12H,3H2,1-2H3,(H,16,17). The fourth-order valence-electron chi connectivity index (χ4n) is 1.02. The quantitative estimate of drug-likeness (QED) is 0.806. The first-order valence-electron chi connectivity index (χ1n) is 4.56. The number of rotatable bonds is 4. The fourth-order valence-corrected chi connectivity index (χ4v) is 1.02. The topological polar surface area (TPSA) is 80.0 Å². The van der Waals surface area contributed by atoms with E-state index in [0.29, 0.717) is 6.92 Å². The SMILES string of the molecule is Cn1cnnc1CNC(C)(C(=O)O)C(F)(F)F. The van der Waals surface area contributed by atoms with Gasteiger partial charge in [0.2, 0.25) is 5.54 Å². The zero-order valence-corrected chi connectivity index (χ0v) is 9.12. The maximum Gasteiger partial charge on any atom is 0.417 e. The Labute approximate surface area is 94.5 Å². The van der Waals surface area contributed by atoms with Crippen molar-refractivity contribution in [3.05, 3.63) is 12.2 Å². The molecule has 1 heterocycles. The van der Waals surface area contributed by atoms with Gasteiger partial charge in [0.25, 0.3) is 0 Å². The highest BCUT2D eigenvalue weighted by Gasteiger charge is 2.57. The smallest absolute Gasteiger partial charge is 0.417 e. The van der Waals surface area contributed by atoms with Crippen molar-refractivity contribution in [2.45, 2.75) is 25.2 Å². The summed E-state index contributed by atoms with van der Waals surface area (Å²) in [6.07, 6.45) is -3.60. The van der Waals surface area contributed by atoms with Gasteiger partial charge in [0.15, 0.2) is 0 Å². The molecule has 0 fully saturated rings. The molecule has 1 aromatic heterocycles. The van der Waals surface area contributed by atoms with Crippen molar-refractivity contribution in [3.63, 3.8) is 0 Å². The average Bonchev–Trinajstić information content (AvgIpc) is 2.58. The van der Waals surface area contributed by atoms with E-state index >= 15 is 0 Å². The number of carbonyl (C=O) groups is 1. The normalized spacial score (nSPS) is 15.6. The summed E-state index contributed by atoms with van der Waals surface area (Å²) in [7, 11) is 1.54. The molecular weight excluding hydrogens is 241 g/mol. The van der Waals surface area contributed by atoms with Gasteiger partial charge in [-0.3, -0.25) is 5.32 Å². The maximum absolute atomic E-state index is 12.6. The van der Waals surface area contributed by atoms with Crippen molar-refractivity contribution in [1.82, 2.24) is 20.1 Å². The van der Waals surface area contributed by atoms with Crippen molar-refractivity contribution < 1.29 is 23.1 Å². The molecule has 1 rings (SSSR count). The van der Waals surface area contributed by atoms with Crippen LogP contribution in [0.5, 0.6) is 0 Å². The van der Waals surface area contributed by atoms with Crippen molar-refractivity contribution >= 4 is 5.97 Å². The van der Waals surface area contributed by atoms with Crippen LogP contribution in [0.25, 0.3) is 0 Å². The first-order valence-corrected chi connectivity index (χ1v) is 4.56. The summed E-state index contributed by atoms with van der Waals surface area (Å²) < 4.78 is 39.2. The second kappa shape index (κ2) is 4.32. The zero-order valence-electron chi connectivity index (χ0n) is 9.12. The van der Waals surface area contributed by atoms with E-state index in [1.807, 2.05) is 5.32 Å². The highest BCUT2D eigenvalue weighted by atomic mass is 19.4. The molecule has 1 unspecified atom stereocenters. The fraction of sp³-hybridized carbons (Fsp3) is 0.625. The van der Waals surface area contributed by atoms with Crippen LogP contribution in [0.2, 0.25) is 0 Å². The third kappa shape index (κ3) is 2.54. The molecule has 0 spiro atoms. The number of nitrogens with one attached hydrogen (secondary N) is 1. The minimum absolute atomic E-state index is 0.210. The molecule has 0 saturated carbocycles. The molecule has 0 bridgehead atoms. The Balaban J connectivity index is 2.83. The third-order valence-corrected chi connectivity index (χ3v) is 2.40. The number of hydrogen-bond acceptors (Lipinski definition) is 4. The Bertz CT molecular complexity index is 417. The molecular formula is C8H11F3N4O2. The highest BCUT2D eigenvalue weighted by Crippen LogP contribution is 2.30. The van der Waals surface area contributed by atoms with Gasteiger partial charge in [-0.05, 0) is 6.92 Å². The number of hydrogen-bond donors (Lipinski definition) is 2. The maximum atomic E-state index is 12.6. The summed E-state index contributed by atoms with van der Waals surface area (Å²) >= 11 is 0. The van der Waals surface area contributed by atoms with Gasteiger partial charge in [0.05, 0.1) is 6.54 Å². The van der Waals surface area contributed by atoms with Crippen LogP contribution in [-0.4, -0.2) is 37.6 Å². The summed E-state index contributed by atoms with van der Waals surface area (Å²) in [6.45, 7) is 0.213. The van der Waals surface area contributed by atoms with Crippen LogP contribution in [-0.2, 0) is 18.4 Å². The second-order valence-corrected chi connectivity index (χ2v) is 3.64. The van der Waals surface area contributed by atoms with Gasteiger partial charge in [-0.1, -0.05) is 0 Å². The highest BCUT2D eigenvalue weighted by molar-refractivity contribution is 5.79. The first-order chi connectivity index (χ1) is 7.68.